The van der Waals surface area contributed by atoms with Crippen LogP contribution in [0, 0.1) is 5.41 Å². The zero-order chi connectivity index (χ0) is 8.85. The standard InChI is InChI=1S/C8H18N2S/c1-7(5-6-11-4)10(3)8(2)9/h7,9H,5-6H2,1-4H3. The molecule has 3 heteroatoms. The molecule has 0 spiro atoms. The number of nitrogens with zero attached hydrogens (tertiary/aromatic N) is 1. The Morgan fingerprint density at radius 1 is 1.64 bits per heavy atom. The highest BCUT2D eigenvalue weighted by Crippen LogP contribution is 2.05. The Bertz CT molecular complexity index is 125. The Balaban J connectivity index is 3.63. The smallest absolute Gasteiger partial charge is 0.0925 e. The quantitative estimate of drug-likeness (QED) is 0.522. The van der Waals surface area contributed by atoms with Gasteiger partial charge in [-0.1, -0.05) is 0 Å². The first-order valence-corrected chi connectivity index (χ1v) is 5.26. The summed E-state index contributed by atoms with van der Waals surface area (Å²) in [5.41, 5.74) is 0. The van der Waals surface area contributed by atoms with Crippen LogP contribution < -0.4 is 0 Å². The maximum absolute atomic E-state index is 7.39. The Kier molecular flexibility index (Phi) is 5.38. The Labute approximate surface area is 73.9 Å². The summed E-state index contributed by atoms with van der Waals surface area (Å²) in [6.45, 7) is 3.99. The molecule has 0 aromatic carbocycles. The summed E-state index contributed by atoms with van der Waals surface area (Å²) < 4.78 is 0. The molecule has 0 amide bonds. The van der Waals surface area contributed by atoms with E-state index < -0.39 is 0 Å². The van der Waals surface area contributed by atoms with Gasteiger partial charge in [0.05, 0.1) is 5.84 Å². The predicted molar refractivity (Wildman–Crippen MR) is 53.6 cm³/mol. The molecule has 0 aromatic rings. The van der Waals surface area contributed by atoms with Gasteiger partial charge in [0, 0.05) is 13.1 Å². The number of hydrogen-bond acceptors (Lipinski definition) is 2. The molecule has 0 aliphatic heterocycles. The van der Waals surface area contributed by atoms with Crippen LogP contribution in [0.4, 0.5) is 0 Å². The molecule has 0 saturated carbocycles. The first-order chi connectivity index (χ1) is 5.09. The third kappa shape index (κ3) is 4.30. The van der Waals surface area contributed by atoms with Crippen molar-refractivity contribution in [3.8, 4) is 0 Å². The highest BCUT2D eigenvalue weighted by atomic mass is 32.2. The molecule has 1 unspecified atom stereocenters. The second kappa shape index (κ2) is 5.47. The number of rotatable bonds is 4. The summed E-state index contributed by atoms with van der Waals surface area (Å²) in [6, 6.07) is 0.500. The van der Waals surface area contributed by atoms with Crippen LogP contribution >= 0.6 is 11.8 Å². The minimum atomic E-state index is 0.500. The zero-order valence-electron chi connectivity index (χ0n) is 7.85. The van der Waals surface area contributed by atoms with Crippen LogP contribution in [0.3, 0.4) is 0 Å². The van der Waals surface area contributed by atoms with Crippen LogP contribution in [-0.2, 0) is 0 Å². The van der Waals surface area contributed by atoms with Crippen molar-refractivity contribution in [2.45, 2.75) is 26.3 Å². The fourth-order valence-corrected chi connectivity index (χ4v) is 1.39. The average molecular weight is 174 g/mol. The molecule has 11 heavy (non-hydrogen) atoms. The number of thioether (sulfide) groups is 1. The zero-order valence-corrected chi connectivity index (χ0v) is 8.66. The average Bonchev–Trinajstić information content (AvgIpc) is 1.98. The molecule has 1 N–H and O–H groups in total. The Hall–Kier alpha value is -0.180. The number of nitrogens with one attached hydrogen (secondary N) is 1. The molecule has 2 nitrogen and oxygen atoms in total. The van der Waals surface area contributed by atoms with E-state index in [-0.39, 0.29) is 0 Å². The first kappa shape index (κ1) is 10.8. The lowest BCUT2D eigenvalue weighted by Gasteiger charge is -2.25. The van der Waals surface area contributed by atoms with Gasteiger partial charge in [0.1, 0.15) is 0 Å². The third-order valence-electron chi connectivity index (χ3n) is 1.93. The summed E-state index contributed by atoms with van der Waals surface area (Å²) >= 11 is 1.86. The molecule has 0 saturated heterocycles. The molecule has 0 bridgehead atoms. The molecule has 0 rings (SSSR count). The molecule has 0 aromatic heterocycles. The minimum Gasteiger partial charge on any atom is -0.361 e. The van der Waals surface area contributed by atoms with E-state index in [1.54, 1.807) is 0 Å². The Morgan fingerprint density at radius 2 is 2.18 bits per heavy atom. The second-order valence-corrected chi connectivity index (χ2v) is 3.81. The van der Waals surface area contributed by atoms with Crippen molar-refractivity contribution in [3.63, 3.8) is 0 Å². The van der Waals surface area contributed by atoms with Crippen LogP contribution in [0.25, 0.3) is 0 Å². The van der Waals surface area contributed by atoms with Crippen molar-refractivity contribution in [2.75, 3.05) is 19.1 Å². The van der Waals surface area contributed by atoms with Crippen molar-refractivity contribution in [1.82, 2.24) is 4.90 Å². The fraction of sp³-hybridized carbons (Fsp3) is 0.875. The molecule has 0 fully saturated rings. The largest absolute Gasteiger partial charge is 0.361 e. The lowest BCUT2D eigenvalue weighted by Crippen LogP contribution is -2.33. The van der Waals surface area contributed by atoms with Gasteiger partial charge in [-0.3, -0.25) is 5.41 Å². The van der Waals surface area contributed by atoms with E-state index >= 15 is 0 Å². The molecule has 1 atom stereocenters. The summed E-state index contributed by atoms with van der Waals surface area (Å²) in [6.07, 6.45) is 3.28. The molecule has 0 heterocycles. The fourth-order valence-electron chi connectivity index (χ4n) is 0.813. The van der Waals surface area contributed by atoms with E-state index in [9.17, 15) is 0 Å². The summed E-state index contributed by atoms with van der Waals surface area (Å²) in [7, 11) is 1.98. The molecule has 66 valence electrons. The maximum Gasteiger partial charge on any atom is 0.0925 e. The van der Waals surface area contributed by atoms with Gasteiger partial charge >= 0.3 is 0 Å². The lowest BCUT2D eigenvalue weighted by molar-refractivity contribution is 0.379. The van der Waals surface area contributed by atoms with Crippen molar-refractivity contribution in [3.05, 3.63) is 0 Å². The molecule has 0 aliphatic carbocycles. The van der Waals surface area contributed by atoms with E-state index in [2.05, 4.69) is 13.2 Å². The van der Waals surface area contributed by atoms with E-state index in [0.717, 1.165) is 6.42 Å². The SMILES string of the molecule is CSCCC(C)N(C)C(C)=N. The molecule has 0 radical (unpaired) electrons. The van der Waals surface area contributed by atoms with Crippen molar-refractivity contribution in [2.24, 2.45) is 0 Å². The van der Waals surface area contributed by atoms with Crippen molar-refractivity contribution < 1.29 is 0 Å². The second-order valence-electron chi connectivity index (χ2n) is 2.83. The predicted octanol–water partition coefficient (Wildman–Crippen LogP) is 2.06. The summed E-state index contributed by atoms with van der Waals surface area (Å²) in [5.74, 6) is 1.83. The van der Waals surface area contributed by atoms with Gasteiger partial charge in [0.25, 0.3) is 0 Å². The minimum absolute atomic E-state index is 0.500. The van der Waals surface area contributed by atoms with E-state index in [0.29, 0.717) is 11.9 Å². The number of amidine groups is 1. The van der Waals surface area contributed by atoms with Gasteiger partial charge in [0.15, 0.2) is 0 Å². The highest BCUT2D eigenvalue weighted by molar-refractivity contribution is 7.98. The monoisotopic (exact) mass is 174 g/mol. The Morgan fingerprint density at radius 3 is 2.55 bits per heavy atom. The molecule has 0 aliphatic rings. The van der Waals surface area contributed by atoms with Crippen molar-refractivity contribution >= 4 is 17.6 Å². The van der Waals surface area contributed by atoms with Crippen molar-refractivity contribution in [1.29, 1.82) is 5.41 Å². The first-order valence-electron chi connectivity index (χ1n) is 3.86. The third-order valence-corrected chi connectivity index (χ3v) is 2.57. The van der Waals surface area contributed by atoms with E-state index in [1.807, 2.05) is 30.6 Å². The molecular weight excluding hydrogens is 156 g/mol. The van der Waals surface area contributed by atoms with Gasteiger partial charge in [0.2, 0.25) is 0 Å². The summed E-state index contributed by atoms with van der Waals surface area (Å²) in [5, 5.41) is 7.39. The lowest BCUT2D eigenvalue weighted by atomic mass is 10.2. The van der Waals surface area contributed by atoms with Gasteiger partial charge in [-0.2, -0.15) is 11.8 Å². The summed E-state index contributed by atoms with van der Waals surface area (Å²) in [4.78, 5) is 2.01. The van der Waals surface area contributed by atoms with Gasteiger partial charge < -0.3 is 4.90 Å². The van der Waals surface area contributed by atoms with Crippen LogP contribution in [0.15, 0.2) is 0 Å². The number of hydrogen-bond donors (Lipinski definition) is 1. The van der Waals surface area contributed by atoms with Crippen LogP contribution in [-0.4, -0.2) is 35.8 Å². The highest BCUT2D eigenvalue weighted by Gasteiger charge is 2.07. The van der Waals surface area contributed by atoms with Gasteiger partial charge in [-0.05, 0) is 32.3 Å². The van der Waals surface area contributed by atoms with Crippen LogP contribution in [0.5, 0.6) is 0 Å². The van der Waals surface area contributed by atoms with Crippen LogP contribution in [0.2, 0.25) is 0 Å². The topological polar surface area (TPSA) is 27.1 Å². The van der Waals surface area contributed by atoms with E-state index in [4.69, 9.17) is 5.41 Å². The van der Waals surface area contributed by atoms with Gasteiger partial charge in [-0.25, -0.2) is 0 Å². The molecular formula is C8H18N2S. The normalized spacial score (nSPS) is 12.7. The maximum atomic E-state index is 7.39. The van der Waals surface area contributed by atoms with E-state index in [1.165, 1.54) is 5.75 Å². The van der Waals surface area contributed by atoms with Crippen LogP contribution in [0.1, 0.15) is 20.3 Å². The van der Waals surface area contributed by atoms with Gasteiger partial charge in [-0.15, -0.1) is 0 Å².